The lowest BCUT2D eigenvalue weighted by Crippen LogP contribution is -2.35. The van der Waals surface area contributed by atoms with Gasteiger partial charge < -0.3 is 9.64 Å². The average molecular weight is 375 g/mol. The third kappa shape index (κ3) is 2.24. The smallest absolute Gasteiger partial charge is 0.397 e. The minimum absolute atomic E-state index is 0.0399. The molecule has 1 aliphatic heterocycles. The van der Waals surface area contributed by atoms with Crippen molar-refractivity contribution in [2.45, 2.75) is 19.5 Å². The molecule has 0 radical (unpaired) electrons. The molecule has 27 heavy (non-hydrogen) atoms. The van der Waals surface area contributed by atoms with Crippen molar-refractivity contribution in [3.8, 4) is 6.07 Å². The second-order valence-electron chi connectivity index (χ2n) is 7.06. The molecule has 2 aromatic rings. The highest BCUT2D eigenvalue weighted by molar-refractivity contribution is 5.96. The first kappa shape index (κ1) is 17.6. The van der Waals surface area contributed by atoms with E-state index < -0.39 is 23.0 Å². The number of hydrogen-bond acceptors (Lipinski definition) is 5. The van der Waals surface area contributed by atoms with E-state index in [0.29, 0.717) is 22.2 Å². The zero-order valence-electron chi connectivity index (χ0n) is 14.5. The highest BCUT2D eigenvalue weighted by Gasteiger charge is 2.87. The third-order valence-corrected chi connectivity index (χ3v) is 5.73. The summed E-state index contributed by atoms with van der Waals surface area (Å²) in [4.78, 5) is 18.2. The zero-order valence-corrected chi connectivity index (χ0v) is 14.5. The number of benzene rings is 1. The Balaban J connectivity index is 1.79. The topological polar surface area (TPSA) is 66.2 Å². The number of halogens is 3. The van der Waals surface area contributed by atoms with Crippen LogP contribution in [0.1, 0.15) is 18.9 Å². The van der Waals surface area contributed by atoms with Gasteiger partial charge in [-0.25, -0.2) is 0 Å². The minimum atomic E-state index is -4.50. The molecule has 4 rings (SSSR count). The van der Waals surface area contributed by atoms with E-state index in [4.69, 9.17) is 4.74 Å². The Labute approximate surface area is 153 Å². The van der Waals surface area contributed by atoms with Crippen molar-refractivity contribution in [1.82, 2.24) is 4.98 Å². The molecule has 1 saturated heterocycles. The number of carbonyl (C=O) groups excluding carboxylic acids is 1. The van der Waals surface area contributed by atoms with Crippen molar-refractivity contribution in [3.05, 3.63) is 36.0 Å². The molecule has 2 fully saturated rings. The standard InChI is InChI=1S/C19H16F3N3O2/c1-2-27-16(26)17-9-18(17,19(20,21)22)11-25(10-17)14-6-5-12(8-23)15-13(14)4-3-7-24-15/h3-7H,2,9-11H2,1H3. The van der Waals surface area contributed by atoms with Crippen LogP contribution in [0.25, 0.3) is 10.9 Å². The van der Waals surface area contributed by atoms with E-state index in [2.05, 4.69) is 4.98 Å². The molecule has 2 unspecified atom stereocenters. The molecular formula is C19H16F3N3O2. The Morgan fingerprint density at radius 3 is 2.81 bits per heavy atom. The summed E-state index contributed by atoms with van der Waals surface area (Å²) in [5.74, 6) is -0.791. The normalized spacial score (nSPS) is 26.6. The van der Waals surface area contributed by atoms with Gasteiger partial charge in [0.1, 0.15) is 16.9 Å². The molecule has 1 aliphatic carbocycles. The number of alkyl halides is 3. The van der Waals surface area contributed by atoms with Gasteiger partial charge in [-0.2, -0.15) is 18.4 Å². The first-order chi connectivity index (χ1) is 12.8. The molecule has 8 heteroatoms. The van der Waals surface area contributed by atoms with Crippen LogP contribution in [0, 0.1) is 22.2 Å². The average Bonchev–Trinajstić information content (AvgIpc) is 3.19. The van der Waals surface area contributed by atoms with Gasteiger partial charge in [0.15, 0.2) is 0 Å². The van der Waals surface area contributed by atoms with Gasteiger partial charge in [-0.15, -0.1) is 0 Å². The fraction of sp³-hybridized carbons (Fsp3) is 0.421. The zero-order chi connectivity index (χ0) is 19.4. The number of pyridine rings is 1. The number of rotatable bonds is 3. The van der Waals surface area contributed by atoms with Crippen molar-refractivity contribution in [2.75, 3.05) is 24.6 Å². The maximum absolute atomic E-state index is 13.9. The fourth-order valence-electron chi connectivity index (χ4n) is 4.35. The number of hydrogen-bond donors (Lipinski definition) is 0. The van der Waals surface area contributed by atoms with E-state index in [1.54, 1.807) is 36.1 Å². The number of nitriles is 1. The highest BCUT2D eigenvalue weighted by Crippen LogP contribution is 2.75. The van der Waals surface area contributed by atoms with Crippen LogP contribution in [0.5, 0.6) is 0 Å². The van der Waals surface area contributed by atoms with Crippen LogP contribution in [0.2, 0.25) is 0 Å². The summed E-state index contributed by atoms with van der Waals surface area (Å²) in [6.45, 7) is 1.24. The molecule has 2 atom stereocenters. The summed E-state index contributed by atoms with van der Waals surface area (Å²) in [5, 5.41) is 9.84. The maximum Gasteiger partial charge on any atom is 0.397 e. The van der Waals surface area contributed by atoms with E-state index >= 15 is 0 Å². The summed E-state index contributed by atoms with van der Waals surface area (Å²) in [5.41, 5.74) is -2.33. The number of fused-ring (bicyclic) bond motifs is 2. The highest BCUT2D eigenvalue weighted by atomic mass is 19.4. The van der Waals surface area contributed by atoms with Crippen LogP contribution >= 0.6 is 0 Å². The summed E-state index contributed by atoms with van der Waals surface area (Å²) < 4.78 is 46.6. The summed E-state index contributed by atoms with van der Waals surface area (Å²) in [6, 6.07) is 8.61. The molecule has 1 aromatic carbocycles. The SMILES string of the molecule is CCOC(=O)C12CN(c3ccc(C#N)c4ncccc34)CC1(C(F)(F)F)C2. The number of carbonyl (C=O) groups is 1. The van der Waals surface area contributed by atoms with Crippen LogP contribution in [0.15, 0.2) is 30.5 Å². The van der Waals surface area contributed by atoms with Gasteiger partial charge in [0.05, 0.1) is 17.7 Å². The van der Waals surface area contributed by atoms with Crippen LogP contribution < -0.4 is 4.90 Å². The number of anilines is 1. The van der Waals surface area contributed by atoms with Crippen molar-refractivity contribution in [3.63, 3.8) is 0 Å². The molecule has 0 amide bonds. The van der Waals surface area contributed by atoms with Crippen molar-refractivity contribution in [1.29, 1.82) is 5.26 Å². The lowest BCUT2D eigenvalue weighted by Gasteiger charge is -2.25. The van der Waals surface area contributed by atoms with E-state index in [1.165, 1.54) is 6.20 Å². The molecule has 1 aromatic heterocycles. The summed E-state index contributed by atoms with van der Waals surface area (Å²) >= 11 is 0. The molecular weight excluding hydrogens is 359 g/mol. The number of ether oxygens (including phenoxy) is 1. The molecule has 2 heterocycles. The van der Waals surface area contributed by atoms with Gasteiger partial charge in [-0.3, -0.25) is 9.78 Å². The van der Waals surface area contributed by atoms with Gasteiger partial charge in [-0.05, 0) is 37.6 Å². The number of nitrogens with zero attached hydrogens (tertiary/aromatic N) is 3. The number of esters is 1. The van der Waals surface area contributed by atoms with E-state index in [9.17, 15) is 23.2 Å². The lowest BCUT2D eigenvalue weighted by atomic mass is 9.96. The lowest BCUT2D eigenvalue weighted by molar-refractivity contribution is -0.195. The van der Waals surface area contributed by atoms with E-state index in [1.807, 2.05) is 6.07 Å². The predicted octanol–water partition coefficient (Wildman–Crippen LogP) is 3.43. The van der Waals surface area contributed by atoms with Gasteiger partial charge in [0, 0.05) is 30.4 Å². The Bertz CT molecular complexity index is 984. The molecule has 0 bridgehead atoms. The summed E-state index contributed by atoms with van der Waals surface area (Å²) in [7, 11) is 0. The Morgan fingerprint density at radius 1 is 1.37 bits per heavy atom. The molecule has 5 nitrogen and oxygen atoms in total. The molecule has 1 saturated carbocycles. The quantitative estimate of drug-likeness (QED) is 0.769. The first-order valence-electron chi connectivity index (χ1n) is 8.56. The van der Waals surface area contributed by atoms with Gasteiger partial charge in [0.25, 0.3) is 0 Å². The molecule has 140 valence electrons. The monoisotopic (exact) mass is 375 g/mol. The molecule has 0 spiro atoms. The second kappa shape index (κ2) is 5.59. The van der Waals surface area contributed by atoms with Crippen molar-refractivity contribution >= 4 is 22.6 Å². The van der Waals surface area contributed by atoms with Gasteiger partial charge >= 0.3 is 12.1 Å². The van der Waals surface area contributed by atoms with Crippen LogP contribution in [0.3, 0.4) is 0 Å². The first-order valence-corrected chi connectivity index (χ1v) is 8.56. The van der Waals surface area contributed by atoms with Gasteiger partial charge in [-0.1, -0.05) is 0 Å². The van der Waals surface area contributed by atoms with Crippen LogP contribution in [-0.2, 0) is 9.53 Å². The van der Waals surface area contributed by atoms with E-state index in [-0.39, 0.29) is 26.1 Å². The second-order valence-corrected chi connectivity index (χ2v) is 7.06. The molecule has 2 aliphatic rings. The third-order valence-electron chi connectivity index (χ3n) is 5.73. The van der Waals surface area contributed by atoms with Crippen molar-refractivity contribution < 1.29 is 22.7 Å². The van der Waals surface area contributed by atoms with Crippen LogP contribution in [0.4, 0.5) is 18.9 Å². The minimum Gasteiger partial charge on any atom is -0.465 e. The van der Waals surface area contributed by atoms with Crippen molar-refractivity contribution in [2.24, 2.45) is 10.8 Å². The number of aromatic nitrogens is 1. The Morgan fingerprint density at radius 2 is 2.15 bits per heavy atom. The summed E-state index contributed by atoms with van der Waals surface area (Å²) in [6.07, 6.45) is -3.22. The fourth-order valence-corrected chi connectivity index (χ4v) is 4.35. The van der Waals surface area contributed by atoms with Gasteiger partial charge in [0.2, 0.25) is 0 Å². The molecule has 0 N–H and O–H groups in total. The van der Waals surface area contributed by atoms with Crippen LogP contribution in [-0.4, -0.2) is 36.8 Å². The predicted molar refractivity (Wildman–Crippen MR) is 90.8 cm³/mol. The number of piperidine rings is 1. The largest absolute Gasteiger partial charge is 0.465 e. The van der Waals surface area contributed by atoms with E-state index in [0.717, 1.165) is 0 Å². The maximum atomic E-state index is 13.9. The Kier molecular flexibility index (Phi) is 3.64. The Hall–Kier alpha value is -2.82.